The second-order valence-electron chi connectivity index (χ2n) is 5.96. The molecule has 2 N–H and O–H groups in total. The van der Waals surface area contributed by atoms with E-state index in [-0.39, 0.29) is 6.04 Å². The maximum absolute atomic E-state index is 11.0. The number of carbonyl (C=O) groups is 1. The van der Waals surface area contributed by atoms with Gasteiger partial charge in [0.05, 0.1) is 12.8 Å². The number of nitrogens with two attached hydrogens (primary N) is 1. The number of fused-ring (bicyclic) bond motifs is 1. The predicted molar refractivity (Wildman–Crippen MR) is 96.9 cm³/mol. The highest BCUT2D eigenvalue weighted by Gasteiger charge is 2.30. The number of ether oxygens (including phenoxy) is 1. The van der Waals surface area contributed by atoms with Gasteiger partial charge in [-0.3, -0.25) is 9.79 Å². The van der Waals surface area contributed by atoms with Gasteiger partial charge in [-0.2, -0.15) is 0 Å². The number of aliphatic imine (C=N–C) groups is 2. The van der Waals surface area contributed by atoms with E-state index in [9.17, 15) is 4.79 Å². The molecule has 1 atom stereocenters. The van der Waals surface area contributed by atoms with E-state index >= 15 is 0 Å². The molecular formula is C19H21N3O2. The molecule has 1 aromatic carbocycles. The number of carbonyl (C=O) groups excluding carboxylic acids is 1. The van der Waals surface area contributed by atoms with Crippen LogP contribution in [0, 0.1) is 0 Å². The highest BCUT2D eigenvalue weighted by atomic mass is 16.5. The van der Waals surface area contributed by atoms with Crippen molar-refractivity contribution < 1.29 is 9.53 Å². The average Bonchev–Trinajstić information content (AvgIpc) is 2.56. The van der Waals surface area contributed by atoms with Crippen LogP contribution >= 0.6 is 0 Å². The summed E-state index contributed by atoms with van der Waals surface area (Å²) in [4.78, 5) is 20.3. The lowest BCUT2D eigenvalue weighted by Crippen LogP contribution is -2.32. The highest BCUT2D eigenvalue weighted by Crippen LogP contribution is 2.36. The first-order chi connectivity index (χ1) is 11.6. The van der Waals surface area contributed by atoms with Gasteiger partial charge >= 0.3 is 0 Å². The van der Waals surface area contributed by atoms with Gasteiger partial charge in [0.1, 0.15) is 29.6 Å². The van der Waals surface area contributed by atoms with Crippen LogP contribution in [0.15, 0.2) is 45.6 Å². The van der Waals surface area contributed by atoms with Crippen LogP contribution in [0.5, 0.6) is 0 Å². The van der Waals surface area contributed by atoms with Crippen LogP contribution in [0.25, 0.3) is 5.57 Å². The number of hydrogen-bond donors (Lipinski definition) is 1. The van der Waals surface area contributed by atoms with E-state index in [4.69, 9.17) is 15.5 Å². The fourth-order valence-electron chi connectivity index (χ4n) is 3.14. The van der Waals surface area contributed by atoms with Crippen LogP contribution in [-0.4, -0.2) is 31.0 Å². The van der Waals surface area contributed by atoms with Crippen molar-refractivity contribution >= 4 is 29.1 Å². The van der Waals surface area contributed by atoms with Crippen molar-refractivity contribution in [2.24, 2.45) is 15.7 Å². The third-order valence-corrected chi connectivity index (χ3v) is 4.32. The molecule has 0 bridgehead atoms. The summed E-state index contributed by atoms with van der Waals surface area (Å²) in [5.74, 6) is 1.29. The summed E-state index contributed by atoms with van der Waals surface area (Å²) in [5, 5.41) is 0. The molecule has 0 fully saturated rings. The minimum Gasteiger partial charge on any atom is -0.499 e. The Labute approximate surface area is 141 Å². The molecular weight excluding hydrogens is 302 g/mol. The summed E-state index contributed by atoms with van der Waals surface area (Å²) in [6.45, 7) is 4.12. The molecule has 124 valence electrons. The van der Waals surface area contributed by atoms with Crippen molar-refractivity contribution in [3.05, 3.63) is 46.7 Å². The summed E-state index contributed by atoms with van der Waals surface area (Å²) in [6.07, 6.45) is 4.64. The fraction of sp³-hybridized carbons (Fsp3) is 0.316. The largest absolute Gasteiger partial charge is 0.499 e. The molecule has 1 aliphatic carbocycles. The normalized spacial score (nSPS) is 23.0. The minimum absolute atomic E-state index is 0.00481. The summed E-state index contributed by atoms with van der Waals surface area (Å²) in [5.41, 5.74) is 11.3. The molecule has 24 heavy (non-hydrogen) atoms. The molecule has 3 rings (SSSR count). The molecule has 0 amide bonds. The first-order valence-electron chi connectivity index (χ1n) is 8.05. The van der Waals surface area contributed by atoms with Gasteiger partial charge in [0.25, 0.3) is 0 Å². The maximum Gasteiger partial charge on any atom is 0.150 e. The molecule has 0 unspecified atom stereocenters. The third kappa shape index (κ3) is 2.66. The molecule has 0 saturated carbocycles. The molecule has 5 heteroatoms. The Kier molecular flexibility index (Phi) is 4.34. The standard InChI is InChI=1S/C19H21N3O2/c1-4-5-14-13-7-6-12(10-23)9-15(13)22-19(20)17(14)21-16-8-11(2)18(16)24-3/h5-7,9-10,16H,4,8H2,1-3H3,(H2,20,22)/b14-5-,21-17?/t16-/m1/s1. The van der Waals surface area contributed by atoms with E-state index in [0.29, 0.717) is 22.8 Å². The van der Waals surface area contributed by atoms with Gasteiger partial charge in [-0.05, 0) is 25.0 Å². The van der Waals surface area contributed by atoms with Crippen molar-refractivity contribution in [2.75, 3.05) is 7.11 Å². The van der Waals surface area contributed by atoms with E-state index in [1.165, 1.54) is 5.57 Å². The van der Waals surface area contributed by atoms with E-state index in [2.05, 4.69) is 18.0 Å². The Bertz CT molecular complexity index is 816. The number of nitrogens with zero attached hydrogens (tertiary/aromatic N) is 2. The molecule has 1 aliphatic heterocycles. The van der Waals surface area contributed by atoms with Gasteiger partial charge < -0.3 is 10.5 Å². The predicted octanol–water partition coefficient (Wildman–Crippen LogP) is 3.43. The van der Waals surface area contributed by atoms with E-state index in [1.54, 1.807) is 19.2 Å². The van der Waals surface area contributed by atoms with Gasteiger partial charge in [-0.15, -0.1) is 0 Å². The zero-order chi connectivity index (χ0) is 17.3. The van der Waals surface area contributed by atoms with Crippen LogP contribution in [-0.2, 0) is 4.74 Å². The smallest absolute Gasteiger partial charge is 0.150 e. The second kappa shape index (κ2) is 6.43. The van der Waals surface area contributed by atoms with Gasteiger partial charge in [-0.25, -0.2) is 4.99 Å². The second-order valence-corrected chi connectivity index (χ2v) is 5.96. The number of amidine groups is 1. The third-order valence-electron chi connectivity index (χ3n) is 4.32. The van der Waals surface area contributed by atoms with Crippen molar-refractivity contribution in [3.8, 4) is 0 Å². The quantitative estimate of drug-likeness (QED) is 0.862. The highest BCUT2D eigenvalue weighted by molar-refractivity contribution is 6.59. The van der Waals surface area contributed by atoms with Crippen LogP contribution in [0.3, 0.4) is 0 Å². The van der Waals surface area contributed by atoms with E-state index in [1.807, 2.05) is 13.0 Å². The lowest BCUT2D eigenvalue weighted by atomic mass is 9.90. The van der Waals surface area contributed by atoms with E-state index in [0.717, 1.165) is 36.0 Å². The first-order valence-corrected chi connectivity index (χ1v) is 8.05. The number of aldehydes is 1. The molecule has 5 nitrogen and oxygen atoms in total. The number of hydrogen-bond acceptors (Lipinski definition) is 5. The van der Waals surface area contributed by atoms with Crippen molar-refractivity contribution in [1.82, 2.24) is 0 Å². The Morgan fingerprint density at radius 3 is 2.88 bits per heavy atom. The van der Waals surface area contributed by atoms with Crippen molar-refractivity contribution in [1.29, 1.82) is 0 Å². The molecule has 1 aromatic rings. The van der Waals surface area contributed by atoms with E-state index < -0.39 is 0 Å². The summed E-state index contributed by atoms with van der Waals surface area (Å²) in [7, 11) is 1.67. The zero-order valence-corrected chi connectivity index (χ0v) is 14.2. The summed E-state index contributed by atoms with van der Waals surface area (Å²) < 4.78 is 5.42. The van der Waals surface area contributed by atoms with Gasteiger partial charge in [0.15, 0.2) is 0 Å². The zero-order valence-electron chi connectivity index (χ0n) is 14.2. The Balaban J connectivity index is 2.08. The fourth-order valence-corrected chi connectivity index (χ4v) is 3.14. The molecule has 2 aliphatic rings. The van der Waals surface area contributed by atoms with Gasteiger partial charge in [-0.1, -0.05) is 25.1 Å². The number of rotatable bonds is 4. The van der Waals surface area contributed by atoms with Gasteiger partial charge in [0.2, 0.25) is 0 Å². The minimum atomic E-state index is -0.00481. The average molecular weight is 323 g/mol. The number of allylic oxidation sites excluding steroid dienone is 1. The summed E-state index contributed by atoms with van der Waals surface area (Å²) >= 11 is 0. The Hall–Kier alpha value is -2.69. The molecule has 0 saturated heterocycles. The molecule has 0 radical (unpaired) electrons. The van der Waals surface area contributed by atoms with Crippen LogP contribution < -0.4 is 5.73 Å². The van der Waals surface area contributed by atoms with Gasteiger partial charge in [0, 0.05) is 23.1 Å². The number of benzene rings is 1. The Morgan fingerprint density at radius 1 is 1.46 bits per heavy atom. The molecule has 0 spiro atoms. The SMILES string of the molecule is CC/C=C1\C(=N[C@@H]2CC(C)=C2OC)C(N)=Nc2cc(C=O)ccc21. The van der Waals surface area contributed by atoms with Crippen LogP contribution in [0.1, 0.15) is 42.6 Å². The first kappa shape index (κ1) is 16.2. The van der Waals surface area contributed by atoms with Crippen molar-refractivity contribution in [3.63, 3.8) is 0 Å². The Morgan fingerprint density at radius 2 is 2.25 bits per heavy atom. The molecule has 1 heterocycles. The lowest BCUT2D eigenvalue weighted by Gasteiger charge is -2.29. The monoisotopic (exact) mass is 323 g/mol. The maximum atomic E-state index is 11.0. The molecule has 0 aromatic heterocycles. The van der Waals surface area contributed by atoms with Crippen LogP contribution in [0.4, 0.5) is 5.69 Å². The summed E-state index contributed by atoms with van der Waals surface area (Å²) in [6, 6.07) is 5.45. The topological polar surface area (TPSA) is 77.0 Å². The van der Waals surface area contributed by atoms with Crippen molar-refractivity contribution in [2.45, 2.75) is 32.7 Å². The van der Waals surface area contributed by atoms with Crippen LogP contribution in [0.2, 0.25) is 0 Å². The lowest BCUT2D eigenvalue weighted by molar-refractivity contribution is 0.112. The number of methoxy groups -OCH3 is 1.